The van der Waals surface area contributed by atoms with E-state index in [2.05, 4.69) is 22.4 Å². The van der Waals surface area contributed by atoms with Gasteiger partial charge in [-0.25, -0.2) is 0 Å². The van der Waals surface area contributed by atoms with Crippen LogP contribution in [0.25, 0.3) is 10.9 Å². The van der Waals surface area contributed by atoms with Gasteiger partial charge in [0.05, 0.1) is 5.52 Å². The molecule has 5 heteroatoms. The van der Waals surface area contributed by atoms with Gasteiger partial charge in [0.25, 0.3) is 0 Å². The van der Waals surface area contributed by atoms with E-state index < -0.39 is 0 Å². The zero-order valence-corrected chi connectivity index (χ0v) is 17.3. The van der Waals surface area contributed by atoms with Gasteiger partial charge >= 0.3 is 0 Å². The summed E-state index contributed by atoms with van der Waals surface area (Å²) in [5.41, 5.74) is 2.87. The summed E-state index contributed by atoms with van der Waals surface area (Å²) in [6, 6.07) is 20.1. The maximum atomic E-state index is 12.9. The average Bonchev–Trinajstić information content (AvgIpc) is 3.13. The monoisotopic (exact) mass is 401 g/mol. The number of rotatable bonds is 7. The molecule has 0 aliphatic carbocycles. The minimum atomic E-state index is -0.335. The van der Waals surface area contributed by atoms with Crippen molar-refractivity contribution in [2.24, 2.45) is 0 Å². The second-order valence-electron chi connectivity index (χ2n) is 8.23. The topological polar surface area (TPSA) is 62.3 Å². The van der Waals surface area contributed by atoms with Crippen molar-refractivity contribution in [2.45, 2.75) is 44.2 Å². The minimum Gasteiger partial charge on any atom is -0.350 e. The Bertz CT molecular complexity index is 1050. The van der Waals surface area contributed by atoms with Gasteiger partial charge in [-0.15, -0.1) is 0 Å². The molecular weight excluding hydrogens is 374 g/mol. The Morgan fingerprint density at radius 1 is 1.10 bits per heavy atom. The van der Waals surface area contributed by atoms with E-state index >= 15 is 0 Å². The fourth-order valence-corrected chi connectivity index (χ4v) is 4.35. The third-order valence-corrected chi connectivity index (χ3v) is 6.01. The van der Waals surface area contributed by atoms with Gasteiger partial charge in [-0.3, -0.25) is 14.6 Å². The molecule has 0 saturated carbocycles. The molecule has 0 bridgehead atoms. The molecule has 2 aromatic carbocycles. The maximum Gasteiger partial charge on any atom is 0.222 e. The van der Waals surface area contributed by atoms with E-state index in [0.29, 0.717) is 25.8 Å². The fourth-order valence-electron chi connectivity index (χ4n) is 4.35. The number of fused-ring (bicyclic) bond motifs is 1. The molecule has 2 heterocycles. The molecule has 3 aromatic rings. The highest BCUT2D eigenvalue weighted by atomic mass is 16.2. The van der Waals surface area contributed by atoms with Gasteiger partial charge in [0.15, 0.2) is 0 Å². The van der Waals surface area contributed by atoms with E-state index in [0.717, 1.165) is 29.3 Å². The molecule has 4 rings (SSSR count). The van der Waals surface area contributed by atoms with Crippen LogP contribution in [0.15, 0.2) is 66.9 Å². The first-order chi connectivity index (χ1) is 14.5. The molecule has 30 heavy (non-hydrogen) atoms. The van der Waals surface area contributed by atoms with Gasteiger partial charge in [0, 0.05) is 43.6 Å². The highest BCUT2D eigenvalue weighted by molar-refractivity contribution is 5.83. The molecule has 0 radical (unpaired) electrons. The lowest BCUT2D eigenvalue weighted by molar-refractivity contribution is -0.131. The van der Waals surface area contributed by atoms with Crippen LogP contribution in [0, 0.1) is 0 Å². The van der Waals surface area contributed by atoms with E-state index in [1.54, 1.807) is 11.1 Å². The Morgan fingerprint density at radius 2 is 1.93 bits per heavy atom. The highest BCUT2D eigenvalue weighted by Gasteiger charge is 2.38. The van der Waals surface area contributed by atoms with Crippen molar-refractivity contribution in [1.82, 2.24) is 15.2 Å². The van der Waals surface area contributed by atoms with Crippen molar-refractivity contribution < 1.29 is 9.59 Å². The summed E-state index contributed by atoms with van der Waals surface area (Å²) in [5.74, 6) is 0.166. The second kappa shape index (κ2) is 8.66. The summed E-state index contributed by atoms with van der Waals surface area (Å²) in [7, 11) is 1.84. The second-order valence-corrected chi connectivity index (χ2v) is 8.23. The zero-order chi connectivity index (χ0) is 21.0. The van der Waals surface area contributed by atoms with E-state index in [1.807, 2.05) is 55.6 Å². The first-order valence-corrected chi connectivity index (χ1v) is 10.5. The minimum absolute atomic E-state index is 0.0787. The van der Waals surface area contributed by atoms with Crippen LogP contribution in [0.5, 0.6) is 0 Å². The predicted molar refractivity (Wildman–Crippen MR) is 118 cm³/mol. The third kappa shape index (κ3) is 4.51. The lowest BCUT2D eigenvalue weighted by atomic mass is 9.85. The normalized spacial score (nSPS) is 18.4. The smallest absolute Gasteiger partial charge is 0.222 e. The largest absolute Gasteiger partial charge is 0.350 e. The van der Waals surface area contributed by atoms with Crippen molar-refractivity contribution >= 4 is 22.7 Å². The zero-order valence-electron chi connectivity index (χ0n) is 17.3. The van der Waals surface area contributed by atoms with Gasteiger partial charge in [-0.2, -0.15) is 0 Å². The van der Waals surface area contributed by atoms with Crippen LogP contribution in [-0.4, -0.2) is 34.3 Å². The number of pyridine rings is 1. The van der Waals surface area contributed by atoms with Crippen molar-refractivity contribution in [1.29, 1.82) is 0 Å². The quantitative estimate of drug-likeness (QED) is 0.654. The molecule has 1 aromatic heterocycles. The number of hydrogen-bond acceptors (Lipinski definition) is 3. The van der Waals surface area contributed by atoms with Gasteiger partial charge in [0.1, 0.15) is 0 Å². The Balaban J connectivity index is 1.42. The van der Waals surface area contributed by atoms with Crippen LogP contribution >= 0.6 is 0 Å². The fraction of sp³-hybridized carbons (Fsp3) is 0.320. The number of nitrogens with one attached hydrogen (secondary N) is 1. The van der Waals surface area contributed by atoms with Crippen molar-refractivity contribution in [3.8, 4) is 0 Å². The molecule has 1 saturated heterocycles. The third-order valence-electron chi connectivity index (χ3n) is 6.01. The number of benzene rings is 2. The van der Waals surface area contributed by atoms with E-state index in [4.69, 9.17) is 0 Å². The molecule has 154 valence electrons. The summed E-state index contributed by atoms with van der Waals surface area (Å²) in [6.07, 6.45) is 4.89. The SMILES string of the molecule is CN(Cc1cccc2ncccc12)C(=O)CCC1(Cc2ccccc2)CCC(=O)N1. The Kier molecular flexibility index (Phi) is 5.79. The lowest BCUT2D eigenvalue weighted by Crippen LogP contribution is -2.44. The first-order valence-electron chi connectivity index (χ1n) is 10.5. The first kappa shape index (κ1) is 20.1. The number of aromatic nitrogens is 1. The summed E-state index contributed by atoms with van der Waals surface area (Å²) >= 11 is 0. The van der Waals surface area contributed by atoms with Crippen LogP contribution in [-0.2, 0) is 22.6 Å². The molecule has 1 aliphatic rings. The average molecular weight is 402 g/mol. The Hall–Kier alpha value is -3.21. The number of carbonyl (C=O) groups excluding carboxylic acids is 2. The van der Waals surface area contributed by atoms with Gasteiger partial charge in [-0.05, 0) is 42.5 Å². The van der Waals surface area contributed by atoms with Crippen LogP contribution in [0.4, 0.5) is 0 Å². The van der Waals surface area contributed by atoms with E-state index in [-0.39, 0.29) is 17.4 Å². The van der Waals surface area contributed by atoms with Crippen LogP contribution < -0.4 is 5.32 Å². The summed E-state index contributed by atoms with van der Waals surface area (Å²) < 4.78 is 0. The van der Waals surface area contributed by atoms with Crippen molar-refractivity contribution in [3.63, 3.8) is 0 Å². The molecule has 1 N–H and O–H groups in total. The van der Waals surface area contributed by atoms with Crippen LogP contribution in [0.3, 0.4) is 0 Å². The van der Waals surface area contributed by atoms with Gasteiger partial charge < -0.3 is 10.2 Å². The maximum absolute atomic E-state index is 12.9. The van der Waals surface area contributed by atoms with Crippen molar-refractivity contribution in [2.75, 3.05) is 7.05 Å². The number of amides is 2. The van der Waals surface area contributed by atoms with Crippen LogP contribution in [0.2, 0.25) is 0 Å². The number of nitrogens with zero attached hydrogens (tertiary/aromatic N) is 2. The van der Waals surface area contributed by atoms with Crippen molar-refractivity contribution in [3.05, 3.63) is 78.0 Å². The lowest BCUT2D eigenvalue weighted by Gasteiger charge is -2.30. The van der Waals surface area contributed by atoms with Crippen LogP contribution in [0.1, 0.15) is 36.8 Å². The molecular formula is C25H27N3O2. The molecule has 1 fully saturated rings. The predicted octanol–water partition coefficient (Wildman–Crippen LogP) is 3.86. The van der Waals surface area contributed by atoms with E-state index in [9.17, 15) is 9.59 Å². The standard InChI is InChI=1S/C25H27N3O2/c1-28(18-20-9-5-11-22-21(20)10-6-16-26-22)24(30)13-15-25(14-12-23(29)27-25)17-19-7-3-2-4-8-19/h2-11,16H,12-15,17-18H2,1H3,(H,27,29). The molecule has 2 amide bonds. The molecule has 5 nitrogen and oxygen atoms in total. The van der Waals surface area contributed by atoms with Gasteiger partial charge in [0.2, 0.25) is 11.8 Å². The molecule has 1 aliphatic heterocycles. The summed E-state index contributed by atoms with van der Waals surface area (Å²) in [5, 5.41) is 4.24. The Labute approximate surface area is 177 Å². The molecule has 0 spiro atoms. The number of carbonyl (C=O) groups is 2. The van der Waals surface area contributed by atoms with E-state index in [1.165, 1.54) is 5.56 Å². The van der Waals surface area contributed by atoms with Gasteiger partial charge in [-0.1, -0.05) is 48.5 Å². The summed E-state index contributed by atoms with van der Waals surface area (Å²) in [4.78, 5) is 31.1. The molecule has 1 unspecified atom stereocenters. The molecule has 1 atom stereocenters. The summed E-state index contributed by atoms with van der Waals surface area (Å²) in [6.45, 7) is 0.542. The Morgan fingerprint density at radius 3 is 2.70 bits per heavy atom. The highest BCUT2D eigenvalue weighted by Crippen LogP contribution is 2.30. The number of hydrogen-bond donors (Lipinski definition) is 1.